The van der Waals surface area contributed by atoms with Crippen LogP contribution in [0.2, 0.25) is 0 Å². The SMILES string of the molecule is CC1(C)c2ccccc2-c2c(N(c3ccc(-c4ccccc4)cc3)c3ccc(-c4ccc5c(c4)c4ccccc4n5-c4ccc(-c5ccccc5)cc4)cc3)cccc21. The average Bonchev–Trinajstić information content (AvgIpc) is 3.76. The Bertz CT molecular complexity index is 3140. The molecule has 0 atom stereocenters. The minimum Gasteiger partial charge on any atom is -0.310 e. The van der Waals surface area contributed by atoms with Crippen LogP contribution in [0.3, 0.4) is 0 Å². The van der Waals surface area contributed by atoms with Gasteiger partial charge in [0.15, 0.2) is 0 Å². The van der Waals surface area contributed by atoms with Crippen molar-refractivity contribution >= 4 is 38.9 Å². The first kappa shape index (κ1) is 34.8. The highest BCUT2D eigenvalue weighted by molar-refractivity contribution is 6.10. The van der Waals surface area contributed by atoms with Crippen molar-refractivity contribution in [3.05, 3.63) is 230 Å². The summed E-state index contributed by atoms with van der Waals surface area (Å²) in [5.41, 5.74) is 19.5. The third-order valence-corrected chi connectivity index (χ3v) is 12.4. The van der Waals surface area contributed by atoms with E-state index in [1.165, 1.54) is 83.1 Å². The van der Waals surface area contributed by atoms with Gasteiger partial charge in [-0.05, 0) is 111 Å². The van der Waals surface area contributed by atoms with Gasteiger partial charge in [-0.1, -0.05) is 172 Å². The van der Waals surface area contributed by atoms with Crippen LogP contribution in [0.25, 0.3) is 72.0 Å². The molecule has 0 saturated heterocycles. The van der Waals surface area contributed by atoms with Crippen LogP contribution in [0.15, 0.2) is 218 Å². The van der Waals surface area contributed by atoms with Gasteiger partial charge < -0.3 is 9.47 Å². The summed E-state index contributed by atoms with van der Waals surface area (Å²) in [7, 11) is 0. The van der Waals surface area contributed by atoms with Gasteiger partial charge in [-0.2, -0.15) is 0 Å². The lowest BCUT2D eigenvalue weighted by Crippen LogP contribution is -2.16. The summed E-state index contributed by atoms with van der Waals surface area (Å²) in [6, 6.07) is 79.7. The molecule has 280 valence electrons. The first-order valence-electron chi connectivity index (χ1n) is 20.5. The Hall–Kier alpha value is -7.42. The van der Waals surface area contributed by atoms with Gasteiger partial charge in [0, 0.05) is 38.8 Å². The molecule has 0 aliphatic heterocycles. The van der Waals surface area contributed by atoms with E-state index < -0.39 is 0 Å². The van der Waals surface area contributed by atoms with Crippen molar-refractivity contribution in [3.63, 3.8) is 0 Å². The minimum absolute atomic E-state index is 0.0952. The number of para-hydroxylation sites is 1. The maximum absolute atomic E-state index is 2.44. The van der Waals surface area contributed by atoms with Gasteiger partial charge in [0.25, 0.3) is 0 Å². The van der Waals surface area contributed by atoms with Crippen LogP contribution in [-0.2, 0) is 5.41 Å². The fourth-order valence-corrected chi connectivity index (χ4v) is 9.45. The predicted octanol–water partition coefficient (Wildman–Crippen LogP) is 15.6. The molecular weight excluding hydrogens is 713 g/mol. The highest BCUT2D eigenvalue weighted by Gasteiger charge is 2.37. The molecule has 9 aromatic carbocycles. The molecular formula is C57H42N2. The van der Waals surface area contributed by atoms with Crippen LogP contribution < -0.4 is 4.90 Å². The fourth-order valence-electron chi connectivity index (χ4n) is 9.45. The molecule has 2 nitrogen and oxygen atoms in total. The summed E-state index contributed by atoms with van der Waals surface area (Å²) in [6.45, 7) is 4.70. The van der Waals surface area contributed by atoms with Crippen LogP contribution in [0.1, 0.15) is 25.0 Å². The second-order valence-electron chi connectivity index (χ2n) is 16.2. The van der Waals surface area contributed by atoms with Gasteiger partial charge in [-0.15, -0.1) is 0 Å². The highest BCUT2D eigenvalue weighted by Crippen LogP contribution is 2.54. The Morgan fingerprint density at radius 2 is 0.864 bits per heavy atom. The van der Waals surface area contributed by atoms with Crippen LogP contribution in [0.5, 0.6) is 0 Å². The second kappa shape index (κ2) is 13.9. The van der Waals surface area contributed by atoms with Gasteiger partial charge in [0.05, 0.1) is 16.7 Å². The Balaban J connectivity index is 1.00. The Morgan fingerprint density at radius 3 is 1.53 bits per heavy atom. The molecule has 0 N–H and O–H groups in total. The summed E-state index contributed by atoms with van der Waals surface area (Å²) in [6.07, 6.45) is 0. The Kier molecular flexibility index (Phi) is 8.20. The van der Waals surface area contributed by atoms with Crippen molar-refractivity contribution in [1.29, 1.82) is 0 Å². The summed E-state index contributed by atoms with van der Waals surface area (Å²) in [5, 5.41) is 2.50. The van der Waals surface area contributed by atoms with E-state index in [2.05, 4.69) is 242 Å². The molecule has 0 spiro atoms. The van der Waals surface area contributed by atoms with Crippen molar-refractivity contribution in [2.45, 2.75) is 19.3 Å². The second-order valence-corrected chi connectivity index (χ2v) is 16.2. The van der Waals surface area contributed by atoms with Crippen LogP contribution in [0, 0.1) is 0 Å². The quantitative estimate of drug-likeness (QED) is 0.157. The zero-order valence-corrected chi connectivity index (χ0v) is 33.2. The first-order chi connectivity index (χ1) is 29.0. The minimum atomic E-state index is -0.0952. The van der Waals surface area contributed by atoms with E-state index in [0.717, 1.165) is 17.1 Å². The maximum atomic E-state index is 2.44. The van der Waals surface area contributed by atoms with E-state index in [0.29, 0.717) is 0 Å². The number of benzene rings is 9. The van der Waals surface area contributed by atoms with Gasteiger partial charge in [0.1, 0.15) is 0 Å². The maximum Gasteiger partial charge on any atom is 0.0543 e. The van der Waals surface area contributed by atoms with Gasteiger partial charge in [-0.3, -0.25) is 0 Å². The zero-order valence-electron chi connectivity index (χ0n) is 33.2. The van der Waals surface area contributed by atoms with Crippen LogP contribution in [-0.4, -0.2) is 4.57 Å². The number of rotatable bonds is 7. The molecule has 0 unspecified atom stereocenters. The number of nitrogens with zero attached hydrogens (tertiary/aromatic N) is 2. The molecule has 0 fully saturated rings. The third kappa shape index (κ3) is 5.79. The van der Waals surface area contributed by atoms with Crippen LogP contribution >= 0.6 is 0 Å². The molecule has 1 aliphatic carbocycles. The van der Waals surface area contributed by atoms with E-state index in [1.807, 2.05) is 0 Å². The molecule has 0 amide bonds. The Labute approximate surface area is 345 Å². The lowest BCUT2D eigenvalue weighted by atomic mass is 9.82. The lowest BCUT2D eigenvalue weighted by molar-refractivity contribution is 0.660. The normalized spacial score (nSPS) is 12.7. The topological polar surface area (TPSA) is 8.17 Å². The van der Waals surface area contributed by atoms with Crippen molar-refractivity contribution < 1.29 is 0 Å². The third-order valence-electron chi connectivity index (χ3n) is 12.4. The molecule has 0 saturated carbocycles. The Morgan fingerprint density at radius 1 is 0.373 bits per heavy atom. The molecule has 0 radical (unpaired) electrons. The van der Waals surface area contributed by atoms with Crippen molar-refractivity contribution in [2.24, 2.45) is 0 Å². The molecule has 59 heavy (non-hydrogen) atoms. The van der Waals surface area contributed by atoms with Gasteiger partial charge in [0.2, 0.25) is 0 Å². The van der Waals surface area contributed by atoms with Gasteiger partial charge in [-0.25, -0.2) is 0 Å². The number of hydrogen-bond donors (Lipinski definition) is 0. The van der Waals surface area contributed by atoms with E-state index >= 15 is 0 Å². The fraction of sp³-hybridized carbons (Fsp3) is 0.0526. The lowest BCUT2D eigenvalue weighted by Gasteiger charge is -2.29. The molecule has 11 rings (SSSR count). The van der Waals surface area contributed by atoms with E-state index in [4.69, 9.17) is 0 Å². The number of anilines is 3. The van der Waals surface area contributed by atoms with E-state index in [1.54, 1.807) is 0 Å². The highest BCUT2D eigenvalue weighted by atomic mass is 15.1. The summed E-state index contributed by atoms with van der Waals surface area (Å²) in [4.78, 5) is 2.44. The number of aromatic nitrogens is 1. The smallest absolute Gasteiger partial charge is 0.0543 e. The van der Waals surface area contributed by atoms with Crippen molar-refractivity contribution in [1.82, 2.24) is 4.57 Å². The molecule has 0 bridgehead atoms. The van der Waals surface area contributed by atoms with E-state index in [-0.39, 0.29) is 5.41 Å². The molecule has 1 aliphatic rings. The molecule has 10 aromatic rings. The zero-order chi connectivity index (χ0) is 39.5. The van der Waals surface area contributed by atoms with Crippen molar-refractivity contribution in [3.8, 4) is 50.2 Å². The number of fused-ring (bicyclic) bond motifs is 6. The molecule has 1 heterocycles. The van der Waals surface area contributed by atoms with E-state index in [9.17, 15) is 0 Å². The van der Waals surface area contributed by atoms with Crippen LogP contribution in [0.4, 0.5) is 17.1 Å². The predicted molar refractivity (Wildman–Crippen MR) is 249 cm³/mol. The van der Waals surface area contributed by atoms with Crippen molar-refractivity contribution in [2.75, 3.05) is 4.90 Å². The largest absolute Gasteiger partial charge is 0.310 e. The summed E-state index contributed by atoms with van der Waals surface area (Å²) in [5.74, 6) is 0. The van der Waals surface area contributed by atoms with Gasteiger partial charge >= 0.3 is 0 Å². The molecule has 1 aromatic heterocycles. The molecule has 2 heteroatoms. The average molecular weight is 755 g/mol. The summed E-state index contributed by atoms with van der Waals surface area (Å²) >= 11 is 0. The summed E-state index contributed by atoms with van der Waals surface area (Å²) < 4.78 is 2.39. The first-order valence-corrected chi connectivity index (χ1v) is 20.5. The number of hydrogen-bond acceptors (Lipinski definition) is 1. The monoisotopic (exact) mass is 754 g/mol. The standard InChI is InChI=1S/C57H42N2/c1-57(2)51-20-11-9-19-49(51)56-52(57)21-13-23-55(56)58(45-31-24-41(25-32-45)39-14-5-3-6-15-39)46-33-28-43(29-34-46)44-30-37-54-50(38-44)48-18-10-12-22-53(48)59(54)47-35-26-42(27-36-47)40-16-7-4-8-17-40/h3-38H,1-2H3.